The van der Waals surface area contributed by atoms with Crippen molar-refractivity contribution in [2.75, 3.05) is 26.2 Å². The molecule has 2 fully saturated rings. The summed E-state index contributed by atoms with van der Waals surface area (Å²) < 4.78 is 5.26. The fourth-order valence-corrected chi connectivity index (χ4v) is 4.25. The third-order valence-electron chi connectivity index (χ3n) is 5.88. The SMILES string of the molecule is CC(C)OC(=O)N1CCC(CCC(=O)NC2CCN(Cc3ccccc3)C2)CC1. The quantitative estimate of drug-likeness (QED) is 0.761. The van der Waals surface area contributed by atoms with Gasteiger partial charge in [0.15, 0.2) is 0 Å². The van der Waals surface area contributed by atoms with Gasteiger partial charge in [-0.05, 0) is 51.0 Å². The third-order valence-corrected chi connectivity index (χ3v) is 5.88. The van der Waals surface area contributed by atoms with Crippen molar-refractivity contribution in [1.29, 1.82) is 0 Å². The van der Waals surface area contributed by atoms with Crippen LogP contribution in [0.2, 0.25) is 0 Å². The van der Waals surface area contributed by atoms with E-state index in [0.717, 1.165) is 58.4 Å². The van der Waals surface area contributed by atoms with E-state index in [-0.39, 0.29) is 24.1 Å². The summed E-state index contributed by atoms with van der Waals surface area (Å²) in [6, 6.07) is 10.8. The highest BCUT2D eigenvalue weighted by Crippen LogP contribution is 2.23. The minimum Gasteiger partial charge on any atom is -0.447 e. The molecule has 2 saturated heterocycles. The maximum absolute atomic E-state index is 12.4. The predicted molar refractivity (Wildman–Crippen MR) is 113 cm³/mol. The third kappa shape index (κ3) is 7.03. The molecule has 6 nitrogen and oxygen atoms in total. The van der Waals surface area contributed by atoms with Crippen molar-refractivity contribution in [2.45, 2.75) is 64.6 Å². The zero-order valence-corrected chi connectivity index (χ0v) is 17.8. The van der Waals surface area contributed by atoms with Gasteiger partial charge in [0, 0.05) is 45.2 Å². The summed E-state index contributed by atoms with van der Waals surface area (Å²) >= 11 is 0. The van der Waals surface area contributed by atoms with Crippen LogP contribution in [0.1, 0.15) is 51.5 Å². The zero-order valence-electron chi connectivity index (χ0n) is 17.8. The van der Waals surface area contributed by atoms with Crippen LogP contribution < -0.4 is 5.32 Å². The summed E-state index contributed by atoms with van der Waals surface area (Å²) in [5, 5.41) is 3.22. The van der Waals surface area contributed by atoms with Gasteiger partial charge < -0.3 is 15.0 Å². The fraction of sp³-hybridized carbons (Fsp3) is 0.652. The lowest BCUT2D eigenvalue weighted by Gasteiger charge is -2.31. The molecule has 2 heterocycles. The van der Waals surface area contributed by atoms with Crippen LogP contribution in [0, 0.1) is 5.92 Å². The summed E-state index contributed by atoms with van der Waals surface area (Å²) in [7, 11) is 0. The van der Waals surface area contributed by atoms with E-state index in [1.807, 2.05) is 19.9 Å². The van der Waals surface area contributed by atoms with E-state index in [4.69, 9.17) is 4.74 Å². The first kappa shape index (κ1) is 21.6. The molecule has 0 radical (unpaired) electrons. The van der Waals surface area contributed by atoms with Crippen LogP contribution in [0.15, 0.2) is 30.3 Å². The Bertz CT molecular complexity index is 657. The van der Waals surface area contributed by atoms with Crippen LogP contribution in [0.5, 0.6) is 0 Å². The predicted octanol–water partition coefficient (Wildman–Crippen LogP) is 3.41. The van der Waals surface area contributed by atoms with Gasteiger partial charge in [0.05, 0.1) is 6.10 Å². The Morgan fingerprint density at radius 1 is 1.10 bits per heavy atom. The van der Waals surface area contributed by atoms with Crippen LogP contribution in [0.3, 0.4) is 0 Å². The highest BCUT2D eigenvalue weighted by Gasteiger charge is 2.26. The molecule has 0 saturated carbocycles. The molecule has 0 bridgehead atoms. The van der Waals surface area contributed by atoms with Gasteiger partial charge in [0.25, 0.3) is 0 Å². The Kier molecular flexibility index (Phi) is 7.92. The Balaban J connectivity index is 1.30. The Labute approximate surface area is 174 Å². The highest BCUT2D eigenvalue weighted by atomic mass is 16.6. The highest BCUT2D eigenvalue weighted by molar-refractivity contribution is 5.76. The monoisotopic (exact) mass is 401 g/mol. The van der Waals surface area contributed by atoms with Crippen LogP contribution in [-0.4, -0.2) is 60.1 Å². The summed E-state index contributed by atoms with van der Waals surface area (Å²) in [4.78, 5) is 28.5. The molecule has 0 aromatic heterocycles. The van der Waals surface area contributed by atoms with Gasteiger partial charge in [-0.3, -0.25) is 9.69 Å². The second kappa shape index (κ2) is 10.6. The summed E-state index contributed by atoms with van der Waals surface area (Å²) in [5.74, 6) is 0.681. The molecule has 1 atom stereocenters. The first-order chi connectivity index (χ1) is 14.0. The molecule has 0 spiro atoms. The number of ether oxygens (including phenoxy) is 1. The Morgan fingerprint density at radius 3 is 2.52 bits per heavy atom. The van der Waals surface area contributed by atoms with Gasteiger partial charge in [0.1, 0.15) is 0 Å². The molecule has 2 aliphatic rings. The van der Waals surface area contributed by atoms with Gasteiger partial charge in [-0.1, -0.05) is 30.3 Å². The number of likely N-dealkylation sites (tertiary alicyclic amines) is 2. The average Bonchev–Trinajstić information content (AvgIpc) is 3.13. The van der Waals surface area contributed by atoms with Crippen LogP contribution in [0.4, 0.5) is 4.79 Å². The molecule has 6 heteroatoms. The number of carbonyl (C=O) groups is 2. The summed E-state index contributed by atoms with van der Waals surface area (Å²) in [6.45, 7) is 8.11. The van der Waals surface area contributed by atoms with Crippen LogP contribution in [-0.2, 0) is 16.1 Å². The minimum atomic E-state index is -0.211. The number of piperidine rings is 1. The van der Waals surface area contributed by atoms with Gasteiger partial charge >= 0.3 is 6.09 Å². The standard InChI is InChI=1S/C23H35N3O3/c1-18(2)29-23(28)26-14-10-19(11-15-26)8-9-22(27)24-21-12-13-25(17-21)16-20-6-4-3-5-7-20/h3-7,18-19,21H,8-17H2,1-2H3,(H,24,27). The smallest absolute Gasteiger partial charge is 0.410 e. The van der Waals surface area contributed by atoms with Crippen molar-refractivity contribution in [3.05, 3.63) is 35.9 Å². The van der Waals surface area contributed by atoms with Gasteiger partial charge in [-0.25, -0.2) is 4.79 Å². The maximum atomic E-state index is 12.4. The lowest BCUT2D eigenvalue weighted by molar-refractivity contribution is -0.122. The second-order valence-corrected chi connectivity index (χ2v) is 8.68. The van der Waals surface area contributed by atoms with Crippen LogP contribution in [0.25, 0.3) is 0 Å². The lowest BCUT2D eigenvalue weighted by Crippen LogP contribution is -2.40. The largest absolute Gasteiger partial charge is 0.447 e. The van der Waals surface area contributed by atoms with Crippen molar-refractivity contribution < 1.29 is 14.3 Å². The normalized spacial score (nSPS) is 20.8. The Hall–Kier alpha value is -2.08. The average molecular weight is 402 g/mol. The number of carbonyl (C=O) groups excluding carboxylic acids is 2. The van der Waals surface area contributed by atoms with E-state index in [1.54, 1.807) is 4.90 Å². The maximum Gasteiger partial charge on any atom is 0.410 e. The molecule has 1 aromatic rings. The lowest BCUT2D eigenvalue weighted by atomic mass is 9.92. The zero-order chi connectivity index (χ0) is 20.6. The van der Waals surface area contributed by atoms with Crippen LogP contribution >= 0.6 is 0 Å². The van der Waals surface area contributed by atoms with Gasteiger partial charge in [-0.2, -0.15) is 0 Å². The first-order valence-electron chi connectivity index (χ1n) is 11.0. The number of hydrogen-bond donors (Lipinski definition) is 1. The van der Waals surface area contributed by atoms with Gasteiger partial charge in [-0.15, -0.1) is 0 Å². The molecule has 1 unspecified atom stereocenters. The fourth-order valence-electron chi connectivity index (χ4n) is 4.25. The molecular weight excluding hydrogens is 366 g/mol. The number of amides is 2. The molecule has 3 rings (SSSR count). The molecular formula is C23H35N3O3. The summed E-state index contributed by atoms with van der Waals surface area (Å²) in [6.07, 6.45) is 4.12. The second-order valence-electron chi connectivity index (χ2n) is 8.68. The van der Waals surface area contributed by atoms with E-state index in [2.05, 4.69) is 34.5 Å². The van der Waals surface area contributed by atoms with E-state index >= 15 is 0 Å². The van der Waals surface area contributed by atoms with Gasteiger partial charge in [0.2, 0.25) is 5.91 Å². The number of rotatable bonds is 7. The number of benzene rings is 1. The molecule has 29 heavy (non-hydrogen) atoms. The number of nitrogens with one attached hydrogen (secondary N) is 1. The molecule has 1 aromatic carbocycles. The summed E-state index contributed by atoms with van der Waals surface area (Å²) in [5.41, 5.74) is 1.32. The molecule has 2 aliphatic heterocycles. The van der Waals surface area contributed by atoms with E-state index < -0.39 is 0 Å². The Morgan fingerprint density at radius 2 is 1.83 bits per heavy atom. The molecule has 1 N–H and O–H groups in total. The van der Waals surface area contributed by atoms with E-state index in [9.17, 15) is 9.59 Å². The van der Waals surface area contributed by atoms with Crippen molar-refractivity contribution in [3.8, 4) is 0 Å². The van der Waals surface area contributed by atoms with Crippen molar-refractivity contribution in [3.63, 3.8) is 0 Å². The van der Waals surface area contributed by atoms with E-state index in [0.29, 0.717) is 12.3 Å². The molecule has 2 amide bonds. The van der Waals surface area contributed by atoms with Crippen molar-refractivity contribution in [2.24, 2.45) is 5.92 Å². The molecule has 0 aliphatic carbocycles. The van der Waals surface area contributed by atoms with Crippen molar-refractivity contribution >= 4 is 12.0 Å². The van der Waals surface area contributed by atoms with E-state index in [1.165, 1.54) is 5.56 Å². The molecule has 160 valence electrons. The number of nitrogens with zero attached hydrogens (tertiary/aromatic N) is 2. The first-order valence-corrected chi connectivity index (χ1v) is 11.0. The minimum absolute atomic E-state index is 0.0804. The number of hydrogen-bond acceptors (Lipinski definition) is 4. The van der Waals surface area contributed by atoms with Crippen molar-refractivity contribution in [1.82, 2.24) is 15.1 Å². The topological polar surface area (TPSA) is 61.9 Å².